The van der Waals surface area contributed by atoms with Gasteiger partial charge in [0.15, 0.2) is 0 Å². The van der Waals surface area contributed by atoms with Crippen molar-refractivity contribution in [2.45, 2.75) is 57.3 Å². The SMILES string of the molecule is CCC1(C)CNC(C)(C2CC2)CN1CCOCC(F)(F)F. The fourth-order valence-corrected chi connectivity index (χ4v) is 3.20. The van der Waals surface area contributed by atoms with E-state index in [4.69, 9.17) is 4.74 Å². The van der Waals surface area contributed by atoms with Crippen LogP contribution < -0.4 is 5.32 Å². The summed E-state index contributed by atoms with van der Waals surface area (Å²) in [5, 5.41) is 3.68. The molecule has 2 fully saturated rings. The zero-order valence-electron chi connectivity index (χ0n) is 13.2. The number of hydrogen-bond donors (Lipinski definition) is 1. The van der Waals surface area contributed by atoms with E-state index in [1.165, 1.54) is 12.8 Å². The molecule has 0 bridgehead atoms. The van der Waals surface area contributed by atoms with Crippen LogP contribution in [0, 0.1) is 5.92 Å². The minimum absolute atomic E-state index is 0.00398. The fourth-order valence-electron chi connectivity index (χ4n) is 3.20. The van der Waals surface area contributed by atoms with Crippen molar-refractivity contribution in [2.75, 3.05) is 32.8 Å². The molecule has 0 radical (unpaired) electrons. The molecule has 124 valence electrons. The van der Waals surface area contributed by atoms with Gasteiger partial charge in [0, 0.05) is 30.7 Å². The number of rotatable bonds is 6. The summed E-state index contributed by atoms with van der Waals surface area (Å²) in [5.74, 6) is 0.706. The molecule has 1 saturated heterocycles. The summed E-state index contributed by atoms with van der Waals surface area (Å²) in [6.45, 7) is 7.86. The average Bonchev–Trinajstić information content (AvgIpc) is 3.22. The van der Waals surface area contributed by atoms with Crippen molar-refractivity contribution in [3.05, 3.63) is 0 Å². The molecule has 1 N–H and O–H groups in total. The van der Waals surface area contributed by atoms with Gasteiger partial charge in [-0.2, -0.15) is 13.2 Å². The quantitative estimate of drug-likeness (QED) is 0.764. The van der Waals surface area contributed by atoms with Crippen molar-refractivity contribution in [1.29, 1.82) is 0 Å². The summed E-state index contributed by atoms with van der Waals surface area (Å²) in [4.78, 5) is 2.32. The average molecular weight is 308 g/mol. The predicted octanol–water partition coefficient (Wildman–Crippen LogP) is 2.81. The second-order valence-corrected chi connectivity index (χ2v) is 6.99. The first kappa shape index (κ1) is 17.0. The van der Waals surface area contributed by atoms with Crippen molar-refractivity contribution in [3.63, 3.8) is 0 Å². The van der Waals surface area contributed by atoms with Crippen molar-refractivity contribution < 1.29 is 17.9 Å². The summed E-state index contributed by atoms with van der Waals surface area (Å²) in [6.07, 6.45) is -0.754. The molecule has 3 nitrogen and oxygen atoms in total. The van der Waals surface area contributed by atoms with E-state index >= 15 is 0 Å². The summed E-state index contributed by atoms with van der Waals surface area (Å²) in [7, 11) is 0. The van der Waals surface area contributed by atoms with Crippen LogP contribution in [-0.2, 0) is 4.74 Å². The Labute approximate surface area is 125 Å². The molecule has 2 aliphatic rings. The predicted molar refractivity (Wildman–Crippen MR) is 76.3 cm³/mol. The number of ether oxygens (including phenoxy) is 1. The lowest BCUT2D eigenvalue weighted by Crippen LogP contribution is -2.69. The Bertz CT molecular complexity index is 359. The lowest BCUT2D eigenvalue weighted by Gasteiger charge is -2.52. The van der Waals surface area contributed by atoms with Gasteiger partial charge in [0.25, 0.3) is 0 Å². The Morgan fingerprint density at radius 1 is 1.29 bits per heavy atom. The Kier molecular flexibility index (Phi) is 4.90. The molecule has 1 saturated carbocycles. The first-order chi connectivity index (χ1) is 9.69. The summed E-state index contributed by atoms with van der Waals surface area (Å²) in [5.41, 5.74) is 0.0920. The molecular weight excluding hydrogens is 281 g/mol. The molecule has 2 unspecified atom stereocenters. The molecule has 1 aliphatic carbocycles. The highest BCUT2D eigenvalue weighted by Gasteiger charge is 2.48. The lowest BCUT2D eigenvalue weighted by atomic mass is 9.84. The van der Waals surface area contributed by atoms with Crippen LogP contribution in [0.5, 0.6) is 0 Å². The van der Waals surface area contributed by atoms with Crippen LogP contribution >= 0.6 is 0 Å². The van der Waals surface area contributed by atoms with Gasteiger partial charge in [0.05, 0.1) is 6.61 Å². The molecule has 6 heteroatoms. The van der Waals surface area contributed by atoms with Gasteiger partial charge in [-0.25, -0.2) is 0 Å². The molecule has 0 aromatic heterocycles. The van der Waals surface area contributed by atoms with Gasteiger partial charge in [-0.05, 0) is 39.0 Å². The largest absolute Gasteiger partial charge is 0.411 e. The Hall–Kier alpha value is -0.330. The minimum Gasteiger partial charge on any atom is -0.371 e. The van der Waals surface area contributed by atoms with E-state index in [2.05, 4.69) is 31.0 Å². The van der Waals surface area contributed by atoms with Gasteiger partial charge < -0.3 is 10.1 Å². The van der Waals surface area contributed by atoms with E-state index in [-0.39, 0.29) is 17.7 Å². The monoisotopic (exact) mass is 308 g/mol. The molecule has 21 heavy (non-hydrogen) atoms. The molecule has 1 heterocycles. The van der Waals surface area contributed by atoms with Crippen LogP contribution in [0.1, 0.15) is 40.0 Å². The minimum atomic E-state index is -4.24. The van der Waals surface area contributed by atoms with Crippen LogP contribution in [0.2, 0.25) is 0 Å². The second kappa shape index (κ2) is 6.05. The first-order valence-corrected chi connectivity index (χ1v) is 7.83. The summed E-state index contributed by atoms with van der Waals surface area (Å²) in [6, 6.07) is 0. The third kappa shape index (κ3) is 4.33. The molecule has 1 aliphatic heterocycles. The standard InChI is InChI=1S/C15H27F3N2O/c1-4-13(2)9-19-14(3,12-5-6-12)10-20(13)7-8-21-11-15(16,17)18/h12,19H,4-11H2,1-3H3. The summed E-state index contributed by atoms with van der Waals surface area (Å²) < 4.78 is 41.2. The Morgan fingerprint density at radius 2 is 1.95 bits per heavy atom. The van der Waals surface area contributed by atoms with Crippen LogP contribution in [0.15, 0.2) is 0 Å². The number of piperazine rings is 1. The maximum Gasteiger partial charge on any atom is 0.411 e. The fraction of sp³-hybridized carbons (Fsp3) is 1.00. The molecule has 0 amide bonds. The van der Waals surface area contributed by atoms with Crippen molar-refractivity contribution in [3.8, 4) is 0 Å². The van der Waals surface area contributed by atoms with Gasteiger partial charge in [-0.1, -0.05) is 6.92 Å². The smallest absolute Gasteiger partial charge is 0.371 e. The molecule has 2 atom stereocenters. The van der Waals surface area contributed by atoms with E-state index < -0.39 is 12.8 Å². The summed E-state index contributed by atoms with van der Waals surface area (Å²) >= 11 is 0. The lowest BCUT2D eigenvalue weighted by molar-refractivity contribution is -0.176. The van der Waals surface area contributed by atoms with Gasteiger partial charge in [-0.3, -0.25) is 4.90 Å². The Balaban J connectivity index is 1.89. The molecule has 0 aromatic rings. The molecule has 0 aromatic carbocycles. The topological polar surface area (TPSA) is 24.5 Å². The highest BCUT2D eigenvalue weighted by Crippen LogP contribution is 2.42. The number of nitrogens with one attached hydrogen (secondary N) is 1. The van der Waals surface area contributed by atoms with Gasteiger partial charge >= 0.3 is 6.18 Å². The normalized spacial score (nSPS) is 35.1. The number of alkyl halides is 3. The van der Waals surface area contributed by atoms with Crippen LogP contribution in [0.25, 0.3) is 0 Å². The molecule has 2 rings (SSSR count). The first-order valence-electron chi connectivity index (χ1n) is 7.83. The van der Waals surface area contributed by atoms with E-state index in [1.54, 1.807) is 0 Å². The molecular formula is C15H27F3N2O. The van der Waals surface area contributed by atoms with E-state index in [0.29, 0.717) is 12.5 Å². The number of halogens is 3. The van der Waals surface area contributed by atoms with E-state index in [1.807, 2.05) is 0 Å². The highest BCUT2D eigenvalue weighted by atomic mass is 19.4. The number of hydrogen-bond acceptors (Lipinski definition) is 3. The van der Waals surface area contributed by atoms with Crippen LogP contribution in [0.4, 0.5) is 13.2 Å². The van der Waals surface area contributed by atoms with E-state index in [9.17, 15) is 13.2 Å². The van der Waals surface area contributed by atoms with E-state index in [0.717, 1.165) is 19.5 Å². The van der Waals surface area contributed by atoms with Crippen LogP contribution in [0.3, 0.4) is 0 Å². The zero-order chi connectivity index (χ0) is 15.7. The number of nitrogens with zero attached hydrogens (tertiary/aromatic N) is 1. The van der Waals surface area contributed by atoms with Gasteiger partial charge in [-0.15, -0.1) is 0 Å². The highest BCUT2D eigenvalue weighted by molar-refractivity contribution is 5.07. The van der Waals surface area contributed by atoms with Crippen molar-refractivity contribution in [1.82, 2.24) is 10.2 Å². The zero-order valence-corrected chi connectivity index (χ0v) is 13.2. The third-order valence-electron chi connectivity index (χ3n) is 5.17. The molecule has 0 spiro atoms. The maximum absolute atomic E-state index is 12.1. The van der Waals surface area contributed by atoms with Gasteiger partial charge in [0.2, 0.25) is 0 Å². The van der Waals surface area contributed by atoms with Crippen molar-refractivity contribution >= 4 is 0 Å². The van der Waals surface area contributed by atoms with Crippen molar-refractivity contribution in [2.24, 2.45) is 5.92 Å². The van der Waals surface area contributed by atoms with Gasteiger partial charge in [0.1, 0.15) is 6.61 Å². The third-order valence-corrected chi connectivity index (χ3v) is 5.17. The second-order valence-electron chi connectivity index (χ2n) is 6.99. The maximum atomic E-state index is 12.1. The Morgan fingerprint density at radius 3 is 2.48 bits per heavy atom. The van der Waals surface area contributed by atoms with Crippen LogP contribution in [-0.4, -0.2) is 55.0 Å².